The molecule has 0 radical (unpaired) electrons. The summed E-state index contributed by atoms with van der Waals surface area (Å²) in [4.78, 5) is 23.0. The van der Waals surface area contributed by atoms with Crippen molar-refractivity contribution in [3.8, 4) is 5.75 Å². The standard InChI is InChI=1S/C14H19NO4/c1-8(2)6-11(14(18)19)15-13(17)10-5-4-9(3)7-12(10)16/h4-5,7-8,11,16H,6H2,1-3H3,(H,15,17)(H,18,19)/t11-/m1/s1. The molecule has 5 heteroatoms. The van der Waals surface area contributed by atoms with E-state index >= 15 is 0 Å². The summed E-state index contributed by atoms with van der Waals surface area (Å²) >= 11 is 0. The molecule has 0 bridgehead atoms. The van der Waals surface area contributed by atoms with Gasteiger partial charge in [-0.05, 0) is 37.0 Å². The van der Waals surface area contributed by atoms with Crippen molar-refractivity contribution in [2.75, 3.05) is 0 Å². The zero-order valence-electron chi connectivity index (χ0n) is 11.3. The summed E-state index contributed by atoms with van der Waals surface area (Å²) in [6, 6.07) is 3.68. The van der Waals surface area contributed by atoms with Crippen LogP contribution in [0.2, 0.25) is 0 Å². The molecule has 0 aliphatic heterocycles. The number of aromatic hydroxyl groups is 1. The molecule has 3 N–H and O–H groups in total. The van der Waals surface area contributed by atoms with E-state index in [9.17, 15) is 14.7 Å². The first kappa shape index (κ1) is 15.0. The number of carbonyl (C=O) groups is 2. The summed E-state index contributed by atoms with van der Waals surface area (Å²) in [5, 5.41) is 21.2. The first-order chi connectivity index (χ1) is 8.81. The summed E-state index contributed by atoms with van der Waals surface area (Å²) in [5.41, 5.74) is 0.909. The van der Waals surface area contributed by atoms with E-state index in [1.165, 1.54) is 12.1 Å². The molecule has 5 nitrogen and oxygen atoms in total. The first-order valence-corrected chi connectivity index (χ1v) is 6.14. The van der Waals surface area contributed by atoms with Crippen LogP contribution in [0.4, 0.5) is 0 Å². The van der Waals surface area contributed by atoms with Crippen LogP contribution in [0.1, 0.15) is 36.2 Å². The predicted octanol–water partition coefficient (Wildman–Crippen LogP) is 1.93. The molecule has 0 aliphatic rings. The van der Waals surface area contributed by atoms with E-state index in [4.69, 9.17) is 5.11 Å². The van der Waals surface area contributed by atoms with Gasteiger partial charge in [-0.1, -0.05) is 19.9 Å². The third kappa shape index (κ3) is 4.28. The summed E-state index contributed by atoms with van der Waals surface area (Å²) in [5.74, 6) is -1.65. The van der Waals surface area contributed by atoms with E-state index in [0.717, 1.165) is 5.56 Å². The smallest absolute Gasteiger partial charge is 0.326 e. The highest BCUT2D eigenvalue weighted by molar-refractivity contribution is 5.98. The molecule has 1 atom stereocenters. The number of phenolic OH excluding ortho intramolecular Hbond substituents is 1. The normalized spacial score (nSPS) is 12.2. The maximum absolute atomic E-state index is 11.9. The van der Waals surface area contributed by atoms with E-state index in [1.807, 2.05) is 13.8 Å². The van der Waals surface area contributed by atoms with Crippen LogP contribution in [0.25, 0.3) is 0 Å². The molecule has 19 heavy (non-hydrogen) atoms. The number of hydrogen-bond acceptors (Lipinski definition) is 3. The van der Waals surface area contributed by atoms with Gasteiger partial charge < -0.3 is 15.5 Å². The van der Waals surface area contributed by atoms with Gasteiger partial charge in [0.05, 0.1) is 5.56 Å². The Bertz CT molecular complexity index is 482. The lowest BCUT2D eigenvalue weighted by Crippen LogP contribution is -2.41. The quantitative estimate of drug-likeness (QED) is 0.759. The zero-order chi connectivity index (χ0) is 14.6. The molecule has 1 aromatic rings. The number of rotatable bonds is 5. The molecule has 0 aliphatic carbocycles. The Hall–Kier alpha value is -2.04. The summed E-state index contributed by atoms with van der Waals surface area (Å²) < 4.78 is 0. The van der Waals surface area contributed by atoms with Gasteiger partial charge in [0.1, 0.15) is 11.8 Å². The Morgan fingerprint density at radius 2 is 1.95 bits per heavy atom. The minimum Gasteiger partial charge on any atom is -0.507 e. The second-order valence-corrected chi connectivity index (χ2v) is 5.01. The van der Waals surface area contributed by atoms with Gasteiger partial charge in [0.2, 0.25) is 0 Å². The third-order valence-electron chi connectivity index (χ3n) is 2.71. The van der Waals surface area contributed by atoms with E-state index < -0.39 is 17.9 Å². The van der Waals surface area contributed by atoms with Crippen LogP contribution in [0, 0.1) is 12.8 Å². The lowest BCUT2D eigenvalue weighted by Gasteiger charge is -2.16. The van der Waals surface area contributed by atoms with Crippen LogP contribution in [0.3, 0.4) is 0 Å². The molecular formula is C14H19NO4. The van der Waals surface area contributed by atoms with Gasteiger partial charge >= 0.3 is 5.97 Å². The Balaban J connectivity index is 2.84. The van der Waals surface area contributed by atoms with Crippen LogP contribution in [0.5, 0.6) is 5.75 Å². The Kier molecular flexibility index (Phi) is 4.92. The summed E-state index contributed by atoms with van der Waals surface area (Å²) in [7, 11) is 0. The summed E-state index contributed by atoms with van der Waals surface area (Å²) in [6.07, 6.45) is 0.341. The number of nitrogens with one attached hydrogen (secondary N) is 1. The average molecular weight is 265 g/mol. The lowest BCUT2D eigenvalue weighted by molar-refractivity contribution is -0.139. The van der Waals surface area contributed by atoms with Crippen LogP contribution < -0.4 is 5.32 Å². The topological polar surface area (TPSA) is 86.6 Å². The van der Waals surface area contributed by atoms with Gasteiger partial charge in [0.15, 0.2) is 0 Å². The van der Waals surface area contributed by atoms with Crippen molar-refractivity contribution in [1.82, 2.24) is 5.32 Å². The van der Waals surface area contributed by atoms with Crippen LogP contribution >= 0.6 is 0 Å². The minimum absolute atomic E-state index is 0.0839. The van der Waals surface area contributed by atoms with Gasteiger partial charge in [-0.25, -0.2) is 4.79 Å². The zero-order valence-corrected chi connectivity index (χ0v) is 11.3. The molecular weight excluding hydrogens is 246 g/mol. The van der Waals surface area contributed by atoms with E-state index in [1.54, 1.807) is 13.0 Å². The van der Waals surface area contributed by atoms with E-state index in [2.05, 4.69) is 5.32 Å². The number of phenols is 1. The molecule has 0 aromatic heterocycles. The van der Waals surface area contributed by atoms with Gasteiger partial charge in [-0.2, -0.15) is 0 Å². The van der Waals surface area contributed by atoms with Crippen molar-refractivity contribution in [3.63, 3.8) is 0 Å². The molecule has 1 rings (SSSR count). The number of amides is 1. The Labute approximate surface area is 112 Å². The summed E-state index contributed by atoms with van der Waals surface area (Å²) in [6.45, 7) is 5.55. The molecule has 1 aromatic carbocycles. The molecule has 0 saturated carbocycles. The van der Waals surface area contributed by atoms with Crippen LogP contribution in [-0.4, -0.2) is 28.1 Å². The van der Waals surface area contributed by atoms with Gasteiger partial charge in [-0.3, -0.25) is 4.79 Å². The minimum atomic E-state index is -1.08. The number of aliphatic carboxylic acids is 1. The number of benzene rings is 1. The van der Waals surface area contributed by atoms with Gasteiger partial charge in [0, 0.05) is 0 Å². The van der Waals surface area contributed by atoms with E-state index in [0.29, 0.717) is 6.42 Å². The third-order valence-corrected chi connectivity index (χ3v) is 2.71. The van der Waals surface area contributed by atoms with Crippen molar-refractivity contribution < 1.29 is 19.8 Å². The van der Waals surface area contributed by atoms with Crippen molar-refractivity contribution >= 4 is 11.9 Å². The highest BCUT2D eigenvalue weighted by Crippen LogP contribution is 2.18. The van der Waals surface area contributed by atoms with Gasteiger partial charge in [0.25, 0.3) is 5.91 Å². The first-order valence-electron chi connectivity index (χ1n) is 6.14. The molecule has 0 saturated heterocycles. The molecule has 104 valence electrons. The molecule has 0 unspecified atom stereocenters. The second-order valence-electron chi connectivity index (χ2n) is 5.01. The average Bonchev–Trinajstić information content (AvgIpc) is 2.26. The van der Waals surface area contributed by atoms with Crippen LogP contribution in [0.15, 0.2) is 18.2 Å². The monoisotopic (exact) mass is 265 g/mol. The fraction of sp³-hybridized carbons (Fsp3) is 0.429. The number of carboxylic acids is 1. The highest BCUT2D eigenvalue weighted by atomic mass is 16.4. The van der Waals surface area contributed by atoms with Gasteiger partial charge in [-0.15, -0.1) is 0 Å². The molecule has 0 spiro atoms. The number of aryl methyl sites for hydroxylation is 1. The Morgan fingerprint density at radius 3 is 2.42 bits per heavy atom. The maximum atomic E-state index is 11.9. The largest absolute Gasteiger partial charge is 0.507 e. The fourth-order valence-corrected chi connectivity index (χ4v) is 1.76. The van der Waals surface area contributed by atoms with Crippen LogP contribution in [-0.2, 0) is 4.79 Å². The highest BCUT2D eigenvalue weighted by Gasteiger charge is 2.22. The Morgan fingerprint density at radius 1 is 1.32 bits per heavy atom. The predicted molar refractivity (Wildman–Crippen MR) is 71.2 cm³/mol. The molecule has 1 amide bonds. The van der Waals surface area contributed by atoms with Crippen molar-refractivity contribution in [2.45, 2.75) is 33.2 Å². The number of carbonyl (C=O) groups excluding carboxylic acids is 1. The number of carboxylic acid groups (broad SMARTS) is 1. The van der Waals surface area contributed by atoms with Crippen molar-refractivity contribution in [2.24, 2.45) is 5.92 Å². The number of hydrogen-bond donors (Lipinski definition) is 3. The SMILES string of the molecule is Cc1ccc(C(=O)N[C@H](CC(C)C)C(=O)O)c(O)c1. The molecule has 0 heterocycles. The lowest BCUT2D eigenvalue weighted by atomic mass is 10.0. The fourth-order valence-electron chi connectivity index (χ4n) is 1.76. The maximum Gasteiger partial charge on any atom is 0.326 e. The van der Waals surface area contributed by atoms with Crippen molar-refractivity contribution in [3.05, 3.63) is 29.3 Å². The van der Waals surface area contributed by atoms with E-state index in [-0.39, 0.29) is 17.2 Å². The molecule has 0 fully saturated rings. The second kappa shape index (κ2) is 6.22. The van der Waals surface area contributed by atoms with Crippen molar-refractivity contribution in [1.29, 1.82) is 0 Å².